The smallest absolute Gasteiger partial charge is 0.0762 e. The third kappa shape index (κ3) is 3.51. The third-order valence-electron chi connectivity index (χ3n) is 4.01. The SMILES string of the molecule is CCCC1CCCCN1c1ccc(C(C)O)cc1Br. The Morgan fingerprint density at radius 3 is 2.84 bits per heavy atom. The molecular weight excluding hydrogens is 302 g/mol. The first-order valence-electron chi connectivity index (χ1n) is 7.37. The maximum atomic E-state index is 9.65. The van der Waals surface area contributed by atoms with E-state index in [1.807, 2.05) is 13.0 Å². The molecule has 0 amide bonds. The van der Waals surface area contributed by atoms with Gasteiger partial charge in [0.15, 0.2) is 0 Å². The molecule has 106 valence electrons. The highest BCUT2D eigenvalue weighted by atomic mass is 79.9. The quantitative estimate of drug-likeness (QED) is 0.870. The lowest BCUT2D eigenvalue weighted by atomic mass is 9.97. The number of aliphatic hydroxyl groups is 1. The van der Waals surface area contributed by atoms with Gasteiger partial charge in [-0.05, 0) is 66.2 Å². The molecule has 2 unspecified atom stereocenters. The molecule has 0 spiro atoms. The van der Waals surface area contributed by atoms with Crippen LogP contribution in [0.3, 0.4) is 0 Å². The normalized spacial score (nSPS) is 21.5. The highest BCUT2D eigenvalue weighted by molar-refractivity contribution is 9.10. The van der Waals surface area contributed by atoms with E-state index in [0.717, 1.165) is 16.6 Å². The lowest BCUT2D eigenvalue weighted by Gasteiger charge is -2.38. The van der Waals surface area contributed by atoms with Crippen LogP contribution in [0.1, 0.15) is 57.6 Å². The van der Waals surface area contributed by atoms with Gasteiger partial charge in [0.25, 0.3) is 0 Å². The van der Waals surface area contributed by atoms with Crippen LogP contribution in [0.2, 0.25) is 0 Å². The van der Waals surface area contributed by atoms with Crippen LogP contribution in [0.25, 0.3) is 0 Å². The maximum Gasteiger partial charge on any atom is 0.0762 e. The Bertz CT molecular complexity index is 417. The molecule has 0 aliphatic carbocycles. The summed E-state index contributed by atoms with van der Waals surface area (Å²) in [6, 6.07) is 6.92. The molecule has 1 saturated heterocycles. The summed E-state index contributed by atoms with van der Waals surface area (Å²) in [7, 11) is 0. The van der Waals surface area contributed by atoms with Crippen LogP contribution in [0.5, 0.6) is 0 Å². The fourth-order valence-corrected chi connectivity index (χ4v) is 3.59. The Balaban J connectivity index is 2.23. The summed E-state index contributed by atoms with van der Waals surface area (Å²) in [4.78, 5) is 2.54. The lowest BCUT2D eigenvalue weighted by molar-refractivity contribution is 0.199. The highest BCUT2D eigenvalue weighted by Crippen LogP contribution is 2.34. The average molecular weight is 326 g/mol. The van der Waals surface area contributed by atoms with E-state index in [2.05, 4.69) is 39.9 Å². The monoisotopic (exact) mass is 325 g/mol. The van der Waals surface area contributed by atoms with Gasteiger partial charge in [0, 0.05) is 17.1 Å². The van der Waals surface area contributed by atoms with Gasteiger partial charge in [0.05, 0.1) is 11.8 Å². The van der Waals surface area contributed by atoms with Crippen molar-refractivity contribution in [3.05, 3.63) is 28.2 Å². The number of hydrogen-bond acceptors (Lipinski definition) is 2. The van der Waals surface area contributed by atoms with Crippen molar-refractivity contribution in [1.29, 1.82) is 0 Å². The number of rotatable bonds is 4. The molecule has 19 heavy (non-hydrogen) atoms. The Morgan fingerprint density at radius 1 is 1.42 bits per heavy atom. The molecule has 2 nitrogen and oxygen atoms in total. The van der Waals surface area contributed by atoms with E-state index in [-0.39, 0.29) is 0 Å². The van der Waals surface area contributed by atoms with Gasteiger partial charge in [-0.25, -0.2) is 0 Å². The van der Waals surface area contributed by atoms with Crippen LogP contribution < -0.4 is 4.90 Å². The largest absolute Gasteiger partial charge is 0.389 e. The van der Waals surface area contributed by atoms with Crippen LogP contribution in [-0.4, -0.2) is 17.7 Å². The van der Waals surface area contributed by atoms with Crippen LogP contribution in [0, 0.1) is 0 Å². The molecule has 2 atom stereocenters. The Hall–Kier alpha value is -0.540. The number of piperidine rings is 1. The number of halogens is 1. The van der Waals surface area contributed by atoms with Crippen molar-refractivity contribution in [3.8, 4) is 0 Å². The minimum atomic E-state index is -0.404. The first kappa shape index (κ1) is 14.9. The van der Waals surface area contributed by atoms with Crippen molar-refractivity contribution < 1.29 is 5.11 Å². The van der Waals surface area contributed by atoms with Gasteiger partial charge in [0.1, 0.15) is 0 Å². The topological polar surface area (TPSA) is 23.5 Å². The Labute approximate surface area is 124 Å². The van der Waals surface area contributed by atoms with Gasteiger partial charge in [0.2, 0.25) is 0 Å². The molecule has 1 heterocycles. The molecule has 1 aromatic rings. The van der Waals surface area contributed by atoms with Gasteiger partial charge in [-0.1, -0.05) is 19.4 Å². The molecule has 1 fully saturated rings. The number of anilines is 1. The summed E-state index contributed by atoms with van der Waals surface area (Å²) >= 11 is 3.68. The second-order valence-corrected chi connectivity index (χ2v) is 6.37. The van der Waals surface area contributed by atoms with Crippen molar-refractivity contribution in [3.63, 3.8) is 0 Å². The summed E-state index contributed by atoms with van der Waals surface area (Å²) in [5.74, 6) is 0. The van der Waals surface area contributed by atoms with E-state index >= 15 is 0 Å². The zero-order valence-corrected chi connectivity index (χ0v) is 13.5. The van der Waals surface area contributed by atoms with Crippen molar-refractivity contribution in [1.82, 2.24) is 0 Å². The van der Waals surface area contributed by atoms with Gasteiger partial charge in [-0.3, -0.25) is 0 Å². The van der Waals surface area contributed by atoms with Crippen LogP contribution >= 0.6 is 15.9 Å². The zero-order valence-electron chi connectivity index (χ0n) is 11.9. The molecule has 1 aromatic carbocycles. The zero-order chi connectivity index (χ0) is 13.8. The minimum absolute atomic E-state index is 0.404. The van der Waals surface area contributed by atoms with E-state index in [1.54, 1.807) is 0 Å². The van der Waals surface area contributed by atoms with Gasteiger partial charge >= 0.3 is 0 Å². The van der Waals surface area contributed by atoms with E-state index in [1.165, 1.54) is 37.8 Å². The predicted octanol–water partition coefficient (Wildman–Crippen LogP) is 4.66. The fourth-order valence-electron chi connectivity index (χ4n) is 2.97. The third-order valence-corrected chi connectivity index (χ3v) is 4.65. The molecule has 1 aliphatic rings. The second-order valence-electron chi connectivity index (χ2n) is 5.52. The van der Waals surface area contributed by atoms with Gasteiger partial charge in [-0.2, -0.15) is 0 Å². The molecule has 1 N–H and O–H groups in total. The highest BCUT2D eigenvalue weighted by Gasteiger charge is 2.23. The number of aliphatic hydroxyl groups excluding tert-OH is 1. The van der Waals surface area contributed by atoms with E-state index < -0.39 is 6.10 Å². The standard InChI is InChI=1S/C16H24BrNO/c1-3-6-14-7-4-5-10-18(14)16-9-8-13(12(2)19)11-15(16)17/h8-9,11-12,14,19H,3-7,10H2,1-2H3. The van der Waals surface area contributed by atoms with Crippen molar-refractivity contribution in [2.24, 2.45) is 0 Å². The summed E-state index contributed by atoms with van der Waals surface area (Å²) in [5.41, 5.74) is 2.25. The lowest BCUT2D eigenvalue weighted by Crippen LogP contribution is -2.39. The number of benzene rings is 1. The van der Waals surface area contributed by atoms with E-state index in [0.29, 0.717) is 6.04 Å². The van der Waals surface area contributed by atoms with E-state index in [9.17, 15) is 5.11 Å². The Morgan fingerprint density at radius 2 is 2.21 bits per heavy atom. The van der Waals surface area contributed by atoms with E-state index in [4.69, 9.17) is 0 Å². The van der Waals surface area contributed by atoms with Crippen molar-refractivity contribution in [2.45, 2.75) is 58.1 Å². The molecule has 0 saturated carbocycles. The van der Waals surface area contributed by atoms with Crippen LogP contribution in [-0.2, 0) is 0 Å². The van der Waals surface area contributed by atoms with Gasteiger partial charge < -0.3 is 10.0 Å². The molecular formula is C16H24BrNO. The first-order chi connectivity index (χ1) is 9.13. The van der Waals surface area contributed by atoms with Crippen molar-refractivity contribution in [2.75, 3.05) is 11.4 Å². The summed E-state index contributed by atoms with van der Waals surface area (Å²) in [6.45, 7) is 5.22. The number of hydrogen-bond donors (Lipinski definition) is 1. The average Bonchev–Trinajstić information content (AvgIpc) is 2.40. The van der Waals surface area contributed by atoms with Crippen LogP contribution in [0.15, 0.2) is 22.7 Å². The molecule has 0 radical (unpaired) electrons. The summed E-state index contributed by atoms with van der Waals surface area (Å²) < 4.78 is 1.11. The fraction of sp³-hybridized carbons (Fsp3) is 0.625. The molecule has 0 bridgehead atoms. The van der Waals surface area contributed by atoms with Gasteiger partial charge in [-0.15, -0.1) is 0 Å². The molecule has 1 aliphatic heterocycles. The first-order valence-corrected chi connectivity index (χ1v) is 8.17. The summed E-state index contributed by atoms with van der Waals surface area (Å²) in [6.07, 6.45) is 6.04. The molecule has 2 rings (SSSR count). The second kappa shape index (κ2) is 6.76. The van der Waals surface area contributed by atoms with Crippen LogP contribution in [0.4, 0.5) is 5.69 Å². The predicted molar refractivity (Wildman–Crippen MR) is 84.7 cm³/mol. The summed E-state index contributed by atoms with van der Waals surface area (Å²) in [5, 5.41) is 9.65. The Kier molecular flexibility index (Phi) is 5.28. The number of nitrogens with zero attached hydrogens (tertiary/aromatic N) is 1. The van der Waals surface area contributed by atoms with Crippen molar-refractivity contribution >= 4 is 21.6 Å². The minimum Gasteiger partial charge on any atom is -0.389 e. The maximum absolute atomic E-state index is 9.65. The molecule has 3 heteroatoms. The molecule has 0 aromatic heterocycles.